The van der Waals surface area contributed by atoms with E-state index in [1.165, 1.54) is 0 Å². The summed E-state index contributed by atoms with van der Waals surface area (Å²) in [5, 5.41) is 8.79. The molecule has 0 spiro atoms. The van der Waals surface area contributed by atoms with E-state index < -0.39 is 5.60 Å². The molecule has 0 saturated heterocycles. The Balaban J connectivity index is 1.71. The topological polar surface area (TPSA) is 69.5 Å². The van der Waals surface area contributed by atoms with Gasteiger partial charge in [-0.05, 0) is 50.6 Å². The van der Waals surface area contributed by atoms with Crippen LogP contribution < -0.4 is 4.74 Å². The number of fused-ring (bicyclic) bond motifs is 1. The van der Waals surface area contributed by atoms with E-state index in [-0.39, 0.29) is 12.1 Å². The summed E-state index contributed by atoms with van der Waals surface area (Å²) in [5.41, 5.74) is 3.04. The van der Waals surface area contributed by atoms with Crippen molar-refractivity contribution in [3.8, 4) is 17.0 Å². The van der Waals surface area contributed by atoms with Crippen LogP contribution in [0.5, 0.6) is 5.75 Å². The van der Waals surface area contributed by atoms with Crippen LogP contribution in [0.4, 0.5) is 4.79 Å². The van der Waals surface area contributed by atoms with Gasteiger partial charge in [0.25, 0.3) is 0 Å². The van der Waals surface area contributed by atoms with Crippen LogP contribution in [0.1, 0.15) is 38.1 Å². The van der Waals surface area contributed by atoms with Crippen LogP contribution in [0.25, 0.3) is 11.3 Å². The largest absolute Gasteiger partial charge is 0.497 e. The Morgan fingerprint density at radius 1 is 1.07 bits per heavy atom. The van der Waals surface area contributed by atoms with Gasteiger partial charge in [-0.1, -0.05) is 35.5 Å². The highest BCUT2D eigenvalue weighted by Gasteiger charge is 2.36. The first kappa shape index (κ1) is 19.9. The minimum atomic E-state index is -0.576. The van der Waals surface area contributed by atoms with E-state index in [0.717, 1.165) is 28.3 Å². The number of ether oxygens (including phenoxy) is 2. The molecule has 0 unspecified atom stereocenters. The summed E-state index contributed by atoms with van der Waals surface area (Å²) in [6.07, 6.45) is -0.343. The van der Waals surface area contributed by atoms with Crippen molar-refractivity contribution < 1.29 is 14.3 Å². The molecule has 7 nitrogen and oxygen atoms in total. The van der Waals surface area contributed by atoms with E-state index in [9.17, 15) is 4.79 Å². The lowest BCUT2D eigenvalue weighted by Gasteiger charge is -2.37. The van der Waals surface area contributed by atoms with E-state index in [4.69, 9.17) is 9.47 Å². The fourth-order valence-corrected chi connectivity index (χ4v) is 3.62. The summed E-state index contributed by atoms with van der Waals surface area (Å²) in [7, 11) is 1.64. The predicted molar refractivity (Wildman–Crippen MR) is 113 cm³/mol. The van der Waals surface area contributed by atoms with Gasteiger partial charge in [0.15, 0.2) is 0 Å². The second-order valence-electron chi connectivity index (χ2n) is 8.33. The molecule has 1 aromatic heterocycles. The Labute approximate surface area is 176 Å². The van der Waals surface area contributed by atoms with Crippen molar-refractivity contribution in [1.82, 2.24) is 19.9 Å². The molecule has 2 heterocycles. The van der Waals surface area contributed by atoms with E-state index in [1.54, 1.807) is 12.0 Å². The lowest BCUT2D eigenvalue weighted by atomic mass is 10.0. The molecule has 0 bridgehead atoms. The van der Waals surface area contributed by atoms with E-state index >= 15 is 0 Å². The van der Waals surface area contributed by atoms with Gasteiger partial charge >= 0.3 is 6.09 Å². The molecule has 7 heteroatoms. The van der Waals surface area contributed by atoms with E-state index in [2.05, 4.69) is 10.3 Å². The second-order valence-corrected chi connectivity index (χ2v) is 8.33. The Hall–Kier alpha value is -3.35. The number of amides is 1. The first-order valence-electron chi connectivity index (χ1n) is 9.97. The lowest BCUT2D eigenvalue weighted by molar-refractivity contribution is 0.00631. The summed E-state index contributed by atoms with van der Waals surface area (Å²) in [4.78, 5) is 14.9. The van der Waals surface area contributed by atoms with Gasteiger partial charge in [0, 0.05) is 5.56 Å². The van der Waals surface area contributed by atoms with Crippen LogP contribution in [-0.2, 0) is 17.8 Å². The van der Waals surface area contributed by atoms with Crippen molar-refractivity contribution in [2.24, 2.45) is 0 Å². The minimum Gasteiger partial charge on any atom is -0.497 e. The van der Waals surface area contributed by atoms with Gasteiger partial charge in [0.05, 0.1) is 31.9 Å². The maximum absolute atomic E-state index is 13.1. The first-order chi connectivity index (χ1) is 14.4. The van der Waals surface area contributed by atoms with Crippen molar-refractivity contribution in [2.45, 2.75) is 45.5 Å². The third-order valence-electron chi connectivity index (χ3n) is 5.06. The summed E-state index contributed by atoms with van der Waals surface area (Å²) >= 11 is 0. The smallest absolute Gasteiger partial charge is 0.411 e. The number of carbonyl (C=O) groups is 1. The molecule has 30 heavy (non-hydrogen) atoms. The Kier molecular flexibility index (Phi) is 5.20. The predicted octanol–water partition coefficient (Wildman–Crippen LogP) is 4.45. The van der Waals surface area contributed by atoms with Crippen LogP contribution in [-0.4, -0.2) is 38.7 Å². The minimum absolute atomic E-state index is 0.182. The molecule has 0 fully saturated rings. The molecule has 0 N–H and O–H groups in total. The highest BCUT2D eigenvalue weighted by molar-refractivity contribution is 5.70. The number of hydrogen-bond donors (Lipinski definition) is 0. The van der Waals surface area contributed by atoms with Crippen molar-refractivity contribution in [3.63, 3.8) is 0 Å². The highest BCUT2D eigenvalue weighted by atomic mass is 16.6. The van der Waals surface area contributed by atoms with Gasteiger partial charge in [-0.3, -0.25) is 4.90 Å². The van der Waals surface area contributed by atoms with Crippen molar-refractivity contribution in [3.05, 3.63) is 65.9 Å². The standard InChI is InChI=1S/C23H26N4O3/c1-23(2,3)30-22(28)26-14-20-21(17-10-12-18(29-4)13-11-17)24-25-27(20)15-19(26)16-8-6-5-7-9-16/h5-13,19H,14-15H2,1-4H3/t19-/m1/s1. The Morgan fingerprint density at radius 3 is 2.40 bits per heavy atom. The SMILES string of the molecule is COc1ccc(-c2nnn3c2CN(C(=O)OC(C)(C)C)[C@@H](c2ccccc2)C3)cc1. The number of rotatable bonds is 3. The third kappa shape index (κ3) is 4.01. The maximum Gasteiger partial charge on any atom is 0.411 e. The highest BCUT2D eigenvalue weighted by Crippen LogP contribution is 2.34. The van der Waals surface area contributed by atoms with Gasteiger partial charge in [-0.2, -0.15) is 0 Å². The summed E-state index contributed by atoms with van der Waals surface area (Å²) in [6, 6.07) is 17.5. The van der Waals surface area contributed by atoms with Crippen molar-refractivity contribution in [1.29, 1.82) is 0 Å². The number of aromatic nitrogens is 3. The molecular weight excluding hydrogens is 380 g/mol. The van der Waals surface area contributed by atoms with Gasteiger partial charge in [0.2, 0.25) is 0 Å². The van der Waals surface area contributed by atoms with Crippen LogP contribution in [0.2, 0.25) is 0 Å². The average Bonchev–Trinajstić information content (AvgIpc) is 3.15. The molecule has 156 valence electrons. The normalized spacial score (nSPS) is 16.1. The fourth-order valence-electron chi connectivity index (χ4n) is 3.62. The molecule has 1 atom stereocenters. The zero-order valence-corrected chi connectivity index (χ0v) is 17.7. The second kappa shape index (κ2) is 7.82. The molecule has 0 aliphatic carbocycles. The van der Waals surface area contributed by atoms with Crippen LogP contribution in [0, 0.1) is 0 Å². The molecule has 1 aliphatic heterocycles. The zero-order chi connectivity index (χ0) is 21.3. The summed E-state index contributed by atoms with van der Waals surface area (Å²) < 4.78 is 12.9. The summed E-state index contributed by atoms with van der Waals surface area (Å²) in [6.45, 7) is 6.51. The van der Waals surface area contributed by atoms with Crippen LogP contribution in [0.15, 0.2) is 54.6 Å². The molecule has 2 aromatic carbocycles. The molecule has 0 saturated carbocycles. The molecular formula is C23H26N4O3. The molecule has 3 aromatic rings. The van der Waals surface area contributed by atoms with Crippen molar-refractivity contribution >= 4 is 6.09 Å². The van der Waals surface area contributed by atoms with Gasteiger partial charge < -0.3 is 9.47 Å². The monoisotopic (exact) mass is 406 g/mol. The van der Waals surface area contributed by atoms with E-state index in [0.29, 0.717) is 13.1 Å². The quantitative estimate of drug-likeness (QED) is 0.643. The molecule has 1 amide bonds. The molecule has 1 aliphatic rings. The number of nitrogens with zero attached hydrogens (tertiary/aromatic N) is 4. The van der Waals surface area contributed by atoms with Gasteiger partial charge in [-0.15, -0.1) is 5.10 Å². The zero-order valence-electron chi connectivity index (χ0n) is 17.7. The van der Waals surface area contributed by atoms with E-state index in [1.807, 2.05) is 80.1 Å². The maximum atomic E-state index is 13.1. The number of carbonyl (C=O) groups excluding carboxylic acids is 1. The van der Waals surface area contributed by atoms with Gasteiger partial charge in [-0.25, -0.2) is 9.48 Å². The van der Waals surface area contributed by atoms with Crippen molar-refractivity contribution in [2.75, 3.05) is 7.11 Å². The number of benzene rings is 2. The first-order valence-corrected chi connectivity index (χ1v) is 9.97. The van der Waals surface area contributed by atoms with Crippen LogP contribution in [0.3, 0.4) is 0 Å². The average molecular weight is 406 g/mol. The fraction of sp³-hybridized carbons (Fsp3) is 0.348. The lowest BCUT2D eigenvalue weighted by Crippen LogP contribution is -2.43. The van der Waals surface area contributed by atoms with Gasteiger partial charge in [0.1, 0.15) is 17.0 Å². The Morgan fingerprint density at radius 2 is 1.77 bits per heavy atom. The number of methoxy groups -OCH3 is 1. The Bertz CT molecular complexity index is 1020. The molecule has 4 rings (SSSR count). The van der Waals surface area contributed by atoms with Crippen LogP contribution >= 0.6 is 0 Å². The number of hydrogen-bond acceptors (Lipinski definition) is 5. The third-order valence-corrected chi connectivity index (χ3v) is 5.06. The molecule has 0 radical (unpaired) electrons. The summed E-state index contributed by atoms with van der Waals surface area (Å²) in [5.74, 6) is 0.777.